The highest BCUT2D eigenvalue weighted by molar-refractivity contribution is 9.10. The molecule has 3 aromatic rings. The van der Waals surface area contributed by atoms with Crippen molar-refractivity contribution in [2.24, 2.45) is 5.14 Å². The third-order valence-electron chi connectivity index (χ3n) is 3.54. The second-order valence-corrected chi connectivity index (χ2v) is 8.67. The van der Waals surface area contributed by atoms with E-state index in [0.717, 1.165) is 16.0 Å². The lowest BCUT2D eigenvalue weighted by molar-refractivity contribution is 0.427. The Hall–Kier alpha value is -1.22. The molecule has 5 nitrogen and oxygen atoms in total. The van der Waals surface area contributed by atoms with Gasteiger partial charge in [0.1, 0.15) is 4.90 Å². The summed E-state index contributed by atoms with van der Waals surface area (Å²) >= 11 is 4.91. The topological polar surface area (TPSA) is 86.2 Å². The fourth-order valence-corrected chi connectivity index (χ4v) is 5.62. The van der Waals surface area contributed by atoms with Crippen molar-refractivity contribution in [3.05, 3.63) is 33.2 Å². The first kappa shape index (κ1) is 16.6. The molecule has 0 saturated heterocycles. The van der Waals surface area contributed by atoms with Crippen LogP contribution in [0.4, 0.5) is 0 Å². The number of benzene rings is 1. The van der Waals surface area contributed by atoms with Gasteiger partial charge >= 0.3 is 0 Å². The van der Waals surface area contributed by atoms with E-state index < -0.39 is 10.0 Å². The minimum Gasteiger partial charge on any atom is -0.355 e. The van der Waals surface area contributed by atoms with Crippen LogP contribution in [0.25, 0.3) is 21.4 Å². The van der Waals surface area contributed by atoms with Gasteiger partial charge in [-0.3, -0.25) is 0 Å². The van der Waals surface area contributed by atoms with Gasteiger partial charge in [-0.25, -0.2) is 13.6 Å². The zero-order valence-electron chi connectivity index (χ0n) is 12.6. The Morgan fingerprint density at radius 2 is 2.13 bits per heavy atom. The van der Waals surface area contributed by atoms with E-state index in [-0.39, 0.29) is 4.90 Å². The Kier molecular flexibility index (Phi) is 4.35. The molecule has 0 fully saturated rings. The van der Waals surface area contributed by atoms with Crippen LogP contribution < -0.4 is 5.14 Å². The van der Waals surface area contributed by atoms with E-state index in [1.54, 1.807) is 0 Å². The van der Waals surface area contributed by atoms with Crippen LogP contribution in [0, 0.1) is 6.92 Å². The smallest absolute Gasteiger partial charge is 0.239 e. The second kappa shape index (κ2) is 6.01. The Bertz CT molecular complexity index is 990. The Balaban J connectivity index is 2.43. The van der Waals surface area contributed by atoms with Crippen molar-refractivity contribution in [3.63, 3.8) is 0 Å². The predicted octanol–water partition coefficient (Wildman–Crippen LogP) is 4.23. The average molecular weight is 415 g/mol. The highest BCUT2D eigenvalue weighted by Gasteiger charge is 2.25. The van der Waals surface area contributed by atoms with E-state index in [4.69, 9.17) is 9.66 Å². The van der Waals surface area contributed by atoms with Gasteiger partial charge in [-0.05, 0) is 35.3 Å². The summed E-state index contributed by atoms with van der Waals surface area (Å²) in [7, 11) is -3.84. The van der Waals surface area contributed by atoms with Gasteiger partial charge in [0.2, 0.25) is 10.0 Å². The number of nitrogens with two attached hydrogens (primary N) is 1. The molecule has 0 unspecified atom stereocenters. The Morgan fingerprint density at radius 3 is 2.70 bits per heavy atom. The maximum Gasteiger partial charge on any atom is 0.239 e. The lowest BCUT2D eigenvalue weighted by Crippen LogP contribution is -2.13. The maximum absolute atomic E-state index is 12.2. The number of primary sulfonamides is 1. The Labute approximate surface area is 146 Å². The molecule has 0 saturated carbocycles. The lowest BCUT2D eigenvalue weighted by atomic mass is 10.1. The SMILES string of the molecule is CCCc1sc2cccc(-c3onc(C)c3Br)c2c1S(N)(=O)=O. The summed E-state index contributed by atoms with van der Waals surface area (Å²) in [6.45, 7) is 3.82. The lowest BCUT2D eigenvalue weighted by Gasteiger charge is -2.04. The molecule has 0 aliphatic carbocycles. The number of fused-ring (bicyclic) bond motifs is 1. The summed E-state index contributed by atoms with van der Waals surface area (Å²) in [4.78, 5) is 0.987. The molecule has 2 N–H and O–H groups in total. The van der Waals surface area contributed by atoms with Gasteiger partial charge in [-0.15, -0.1) is 11.3 Å². The monoisotopic (exact) mass is 414 g/mol. The number of nitrogens with zero attached hydrogens (tertiary/aromatic N) is 1. The maximum atomic E-state index is 12.2. The van der Waals surface area contributed by atoms with E-state index in [9.17, 15) is 8.42 Å². The highest BCUT2D eigenvalue weighted by Crippen LogP contribution is 2.43. The molecule has 23 heavy (non-hydrogen) atoms. The van der Waals surface area contributed by atoms with Crippen molar-refractivity contribution in [1.29, 1.82) is 0 Å². The van der Waals surface area contributed by atoms with Crippen molar-refractivity contribution >= 4 is 47.4 Å². The summed E-state index contributed by atoms with van der Waals surface area (Å²) in [5.74, 6) is 0.513. The molecule has 122 valence electrons. The molecule has 0 aliphatic rings. The number of hydrogen-bond acceptors (Lipinski definition) is 5. The standard InChI is InChI=1S/C15H15BrN2O3S2/c1-3-5-11-15(23(17,19)20)12-9(6-4-7-10(12)22-11)14-13(16)8(2)18-21-14/h4,6-7H,3,5H2,1-2H3,(H2,17,19,20). The first-order valence-electron chi connectivity index (χ1n) is 7.04. The van der Waals surface area contributed by atoms with E-state index in [0.29, 0.717) is 33.3 Å². The van der Waals surface area contributed by atoms with Crippen LogP contribution in [0.2, 0.25) is 0 Å². The van der Waals surface area contributed by atoms with Gasteiger partial charge in [0.25, 0.3) is 0 Å². The molecule has 3 rings (SSSR count). The first-order chi connectivity index (χ1) is 10.8. The number of aryl methyl sites for hydroxylation is 2. The third kappa shape index (κ3) is 2.84. The second-order valence-electron chi connectivity index (χ2n) is 5.24. The molecule has 0 aliphatic heterocycles. The van der Waals surface area contributed by atoms with E-state index in [1.807, 2.05) is 32.0 Å². The van der Waals surface area contributed by atoms with Gasteiger partial charge in [0, 0.05) is 20.5 Å². The summed E-state index contributed by atoms with van der Waals surface area (Å²) in [6.07, 6.45) is 1.51. The van der Waals surface area contributed by atoms with Gasteiger partial charge in [-0.2, -0.15) is 0 Å². The summed E-state index contributed by atoms with van der Waals surface area (Å²) < 4.78 is 31.4. The summed E-state index contributed by atoms with van der Waals surface area (Å²) in [5, 5.41) is 10.1. The van der Waals surface area contributed by atoms with Crippen LogP contribution in [0.15, 0.2) is 32.1 Å². The molecule has 0 spiro atoms. The van der Waals surface area contributed by atoms with E-state index in [2.05, 4.69) is 21.1 Å². The fourth-order valence-electron chi connectivity index (χ4n) is 2.58. The van der Waals surface area contributed by atoms with Gasteiger partial charge in [-0.1, -0.05) is 30.6 Å². The fraction of sp³-hybridized carbons (Fsp3) is 0.267. The number of rotatable bonds is 4. The largest absolute Gasteiger partial charge is 0.355 e. The van der Waals surface area contributed by atoms with Crippen LogP contribution in [-0.2, 0) is 16.4 Å². The Morgan fingerprint density at radius 1 is 1.39 bits per heavy atom. The molecule has 0 bridgehead atoms. The first-order valence-corrected chi connectivity index (χ1v) is 10.2. The molecule has 2 aromatic heterocycles. The minimum absolute atomic E-state index is 0.205. The molecule has 0 atom stereocenters. The molecule has 2 heterocycles. The van der Waals surface area contributed by atoms with Crippen LogP contribution in [0.5, 0.6) is 0 Å². The van der Waals surface area contributed by atoms with Crippen LogP contribution in [0.1, 0.15) is 23.9 Å². The number of aromatic nitrogens is 1. The quantitative estimate of drug-likeness (QED) is 0.691. The van der Waals surface area contributed by atoms with Crippen molar-refractivity contribution < 1.29 is 12.9 Å². The van der Waals surface area contributed by atoms with Crippen molar-refractivity contribution in [2.75, 3.05) is 0 Å². The number of hydrogen-bond donors (Lipinski definition) is 1. The molecular formula is C15H15BrN2O3S2. The highest BCUT2D eigenvalue weighted by atomic mass is 79.9. The van der Waals surface area contributed by atoms with Crippen LogP contribution in [-0.4, -0.2) is 13.6 Å². The normalized spacial score (nSPS) is 12.2. The molecule has 8 heteroatoms. The summed E-state index contributed by atoms with van der Waals surface area (Å²) in [5.41, 5.74) is 1.38. The zero-order chi connectivity index (χ0) is 16.8. The number of thiophene rings is 1. The van der Waals surface area contributed by atoms with Crippen molar-refractivity contribution in [2.45, 2.75) is 31.6 Å². The molecule has 1 aromatic carbocycles. The van der Waals surface area contributed by atoms with E-state index >= 15 is 0 Å². The van der Waals surface area contributed by atoms with Gasteiger partial charge < -0.3 is 4.52 Å². The van der Waals surface area contributed by atoms with Crippen molar-refractivity contribution in [1.82, 2.24) is 5.16 Å². The van der Waals surface area contributed by atoms with Gasteiger partial charge in [0.05, 0.1) is 10.2 Å². The zero-order valence-corrected chi connectivity index (χ0v) is 15.8. The average Bonchev–Trinajstić information content (AvgIpc) is 3.00. The third-order valence-corrected chi connectivity index (χ3v) is 6.83. The van der Waals surface area contributed by atoms with Gasteiger partial charge in [0.15, 0.2) is 5.76 Å². The molecular weight excluding hydrogens is 400 g/mol. The number of halogens is 1. The van der Waals surface area contributed by atoms with E-state index in [1.165, 1.54) is 11.3 Å². The van der Waals surface area contributed by atoms with Crippen LogP contribution in [0.3, 0.4) is 0 Å². The van der Waals surface area contributed by atoms with Crippen LogP contribution >= 0.6 is 27.3 Å². The minimum atomic E-state index is -3.84. The molecule has 0 amide bonds. The molecule has 0 radical (unpaired) electrons. The number of sulfonamides is 1. The summed E-state index contributed by atoms with van der Waals surface area (Å²) in [6, 6.07) is 5.60. The predicted molar refractivity (Wildman–Crippen MR) is 95.1 cm³/mol. The van der Waals surface area contributed by atoms with Crippen molar-refractivity contribution in [3.8, 4) is 11.3 Å².